The molecule has 0 aromatic carbocycles. The molecule has 6 bridgehead atoms. The Morgan fingerprint density at radius 2 is 2.13 bits per heavy atom. The van der Waals surface area contributed by atoms with Crippen LogP contribution in [0.4, 0.5) is 0 Å². The second-order valence-corrected chi connectivity index (χ2v) is 15.7. The predicted octanol–water partition coefficient (Wildman–Crippen LogP) is 5.62. The van der Waals surface area contributed by atoms with E-state index in [1.165, 1.54) is 16.3 Å². The van der Waals surface area contributed by atoms with Crippen LogP contribution in [0.25, 0.3) is 32.0 Å². The smallest absolute Gasteiger partial charge is 0.325 e. The number of methoxy groups -OCH3 is 1. The highest BCUT2D eigenvalue weighted by Crippen LogP contribution is 2.50. The van der Waals surface area contributed by atoms with Crippen molar-refractivity contribution in [2.75, 3.05) is 20.3 Å². The standard InChI is InChI=1S/C33H39ClN6O4S2/c1-6-39-28(18-8-7-9-36-26(18)16(2)43-5)20-12-33(3,4)15-44-32(42)27-19-10-17(19)13-40(38-27)30(41)21(35)11-23-37-22(14-45-23)29-25(34)24(20)31(39)46-29/h7-9,14,16-17,19,21,27,38H,6,10-13,15,35H2,1-5H3/t16-,17?,19?,21-,27-/m0/s1. The van der Waals surface area contributed by atoms with Crippen LogP contribution in [0.1, 0.15) is 56.5 Å². The van der Waals surface area contributed by atoms with Crippen molar-refractivity contribution < 1.29 is 19.1 Å². The minimum atomic E-state index is -0.795. The quantitative estimate of drug-likeness (QED) is 0.266. The van der Waals surface area contributed by atoms with E-state index in [9.17, 15) is 9.59 Å². The maximum atomic E-state index is 13.5. The minimum Gasteiger partial charge on any atom is -0.464 e. The molecule has 13 heteroatoms. The van der Waals surface area contributed by atoms with Crippen molar-refractivity contribution in [1.82, 2.24) is 25.0 Å². The zero-order chi connectivity index (χ0) is 32.5. The first-order valence-electron chi connectivity index (χ1n) is 15.8. The first-order valence-corrected chi connectivity index (χ1v) is 17.8. The van der Waals surface area contributed by atoms with Crippen LogP contribution < -0.4 is 11.2 Å². The molecule has 46 heavy (non-hydrogen) atoms. The van der Waals surface area contributed by atoms with Gasteiger partial charge in [-0.3, -0.25) is 19.6 Å². The van der Waals surface area contributed by atoms with Crippen LogP contribution in [-0.4, -0.2) is 63.8 Å². The molecule has 10 nitrogen and oxygen atoms in total. The predicted molar refractivity (Wildman–Crippen MR) is 181 cm³/mol. The Morgan fingerprint density at radius 1 is 1.33 bits per heavy atom. The van der Waals surface area contributed by atoms with Gasteiger partial charge >= 0.3 is 5.97 Å². The average molecular weight is 683 g/mol. The van der Waals surface area contributed by atoms with Crippen LogP contribution in [0.5, 0.6) is 0 Å². The fraction of sp³-hybridized carbons (Fsp3) is 0.515. The number of thiophene rings is 1. The summed E-state index contributed by atoms with van der Waals surface area (Å²) in [6.07, 6.45) is 3.34. The fourth-order valence-corrected chi connectivity index (χ4v) is 9.57. The number of rotatable bonds is 4. The minimum absolute atomic E-state index is 0.155. The molecule has 0 radical (unpaired) electrons. The molecule has 4 aromatic rings. The number of ether oxygens (including phenoxy) is 2. The van der Waals surface area contributed by atoms with E-state index < -0.39 is 17.5 Å². The summed E-state index contributed by atoms with van der Waals surface area (Å²) in [5.74, 6) is -0.162. The summed E-state index contributed by atoms with van der Waals surface area (Å²) in [6.45, 7) is 9.79. The normalized spacial score (nSPS) is 25.2. The Kier molecular flexibility index (Phi) is 8.26. The van der Waals surface area contributed by atoms with Gasteiger partial charge in [0.15, 0.2) is 0 Å². The van der Waals surface area contributed by atoms with E-state index in [0.29, 0.717) is 31.0 Å². The Hall–Kier alpha value is -2.87. The number of halogens is 1. The summed E-state index contributed by atoms with van der Waals surface area (Å²) in [6, 6.07) is 2.67. The first kappa shape index (κ1) is 31.7. The lowest BCUT2D eigenvalue weighted by atomic mass is 9.84. The van der Waals surface area contributed by atoms with Gasteiger partial charge in [-0.15, -0.1) is 22.7 Å². The number of hydrogen-bond donors (Lipinski definition) is 2. The lowest BCUT2D eigenvalue weighted by Gasteiger charge is -2.34. The Labute approximate surface area is 281 Å². The van der Waals surface area contributed by atoms with Crippen molar-refractivity contribution >= 4 is 56.4 Å². The lowest BCUT2D eigenvalue weighted by molar-refractivity contribution is -0.155. The maximum Gasteiger partial charge on any atom is 0.325 e. The molecule has 6 heterocycles. The van der Waals surface area contributed by atoms with Crippen molar-refractivity contribution in [3.63, 3.8) is 0 Å². The molecular formula is C33H39ClN6O4S2. The molecule has 2 fully saturated rings. The molecule has 2 aliphatic heterocycles. The first-order chi connectivity index (χ1) is 22.0. The Bertz CT molecular complexity index is 1830. The molecule has 0 spiro atoms. The van der Waals surface area contributed by atoms with Gasteiger partial charge in [0.1, 0.15) is 10.9 Å². The molecule has 244 valence electrons. The number of esters is 1. The van der Waals surface area contributed by atoms with Crippen LogP contribution in [0.15, 0.2) is 23.7 Å². The second kappa shape index (κ2) is 12.0. The number of nitrogens with zero attached hydrogens (tertiary/aromatic N) is 4. The summed E-state index contributed by atoms with van der Waals surface area (Å²) < 4.78 is 14.1. The highest BCUT2D eigenvalue weighted by atomic mass is 35.5. The van der Waals surface area contributed by atoms with Crippen molar-refractivity contribution in [2.45, 2.75) is 71.7 Å². The molecule has 1 saturated heterocycles. The van der Waals surface area contributed by atoms with Gasteiger partial charge in [0.25, 0.3) is 5.91 Å². The summed E-state index contributed by atoms with van der Waals surface area (Å²) in [5.41, 5.74) is 13.9. The topological polar surface area (TPSA) is 125 Å². The summed E-state index contributed by atoms with van der Waals surface area (Å²) in [4.78, 5) is 38.5. The zero-order valence-corrected chi connectivity index (χ0v) is 29.0. The van der Waals surface area contributed by atoms with Gasteiger partial charge in [-0.1, -0.05) is 25.4 Å². The molecule has 2 unspecified atom stereocenters. The fourth-order valence-electron chi connectivity index (χ4n) is 6.93. The van der Waals surface area contributed by atoms with Gasteiger partial charge in [0.2, 0.25) is 0 Å². The van der Waals surface area contributed by atoms with Gasteiger partial charge < -0.3 is 19.8 Å². The van der Waals surface area contributed by atoms with E-state index in [1.54, 1.807) is 24.6 Å². The third-order valence-corrected chi connectivity index (χ3v) is 12.1. The van der Waals surface area contributed by atoms with E-state index in [0.717, 1.165) is 54.7 Å². The van der Waals surface area contributed by atoms with Gasteiger partial charge in [0.05, 0.1) is 50.7 Å². The van der Waals surface area contributed by atoms with Crippen molar-refractivity contribution in [2.24, 2.45) is 23.0 Å². The van der Waals surface area contributed by atoms with E-state index in [-0.39, 0.29) is 36.4 Å². The number of pyridine rings is 1. The number of carbonyl (C=O) groups is 2. The van der Waals surface area contributed by atoms with E-state index in [4.69, 9.17) is 36.8 Å². The highest BCUT2D eigenvalue weighted by molar-refractivity contribution is 7.23. The van der Waals surface area contributed by atoms with Crippen LogP contribution in [0.3, 0.4) is 0 Å². The molecular weight excluding hydrogens is 644 g/mol. The number of hydrazine groups is 1. The van der Waals surface area contributed by atoms with Gasteiger partial charge in [0, 0.05) is 54.6 Å². The molecule has 7 rings (SSSR count). The lowest BCUT2D eigenvalue weighted by Crippen LogP contribution is -2.60. The van der Waals surface area contributed by atoms with Crippen molar-refractivity contribution in [1.29, 1.82) is 0 Å². The number of hydrogen-bond acceptors (Lipinski definition) is 10. The Morgan fingerprint density at radius 3 is 2.89 bits per heavy atom. The average Bonchev–Trinajstić information content (AvgIpc) is 3.41. The third kappa shape index (κ3) is 5.46. The number of nitrogens with one attached hydrogen (secondary N) is 1. The van der Waals surface area contributed by atoms with E-state index in [2.05, 4.69) is 36.8 Å². The van der Waals surface area contributed by atoms with Gasteiger partial charge in [-0.05, 0) is 56.2 Å². The molecule has 5 atom stereocenters. The van der Waals surface area contributed by atoms with Gasteiger partial charge in [-0.2, -0.15) is 0 Å². The van der Waals surface area contributed by atoms with Crippen molar-refractivity contribution in [3.05, 3.63) is 45.0 Å². The van der Waals surface area contributed by atoms with Crippen LogP contribution in [0.2, 0.25) is 5.02 Å². The summed E-state index contributed by atoms with van der Waals surface area (Å²) in [7, 11) is 1.69. The van der Waals surface area contributed by atoms with Crippen LogP contribution >= 0.6 is 34.3 Å². The van der Waals surface area contributed by atoms with E-state index >= 15 is 0 Å². The number of amides is 1. The number of carbonyl (C=O) groups excluding carboxylic acids is 2. The zero-order valence-electron chi connectivity index (χ0n) is 26.6. The Balaban J connectivity index is 1.39. The second-order valence-electron chi connectivity index (χ2n) is 13.4. The molecule has 1 saturated carbocycles. The number of thiazole rings is 1. The molecule has 1 amide bonds. The number of aryl methyl sites for hydroxylation is 1. The molecule has 3 aliphatic rings. The monoisotopic (exact) mass is 682 g/mol. The molecule has 3 N–H and O–H groups in total. The number of fused-ring (bicyclic) bond motifs is 8. The number of nitrogens with two attached hydrogens (primary N) is 1. The third-order valence-electron chi connectivity index (χ3n) is 9.48. The number of cyclic esters (lactones) is 1. The summed E-state index contributed by atoms with van der Waals surface area (Å²) in [5, 5.41) is 5.90. The van der Waals surface area contributed by atoms with Gasteiger partial charge in [-0.25, -0.2) is 10.4 Å². The maximum absolute atomic E-state index is 13.5. The summed E-state index contributed by atoms with van der Waals surface area (Å²) >= 11 is 10.4. The highest BCUT2D eigenvalue weighted by Gasteiger charge is 2.53. The number of aromatic nitrogens is 3. The van der Waals surface area contributed by atoms with E-state index in [1.807, 2.05) is 18.4 Å². The van der Waals surface area contributed by atoms with Crippen molar-refractivity contribution in [3.8, 4) is 21.8 Å². The van der Waals surface area contributed by atoms with Crippen LogP contribution in [0, 0.1) is 17.3 Å². The van der Waals surface area contributed by atoms with Crippen LogP contribution in [-0.2, 0) is 38.4 Å². The SMILES string of the molecule is CCn1c(-c2cccnc2[C@H](C)OC)c2c3c(Cl)c(sc31)-c1csc(n1)C[C@H](N)C(=O)N1CC3CC3[C@H](N1)C(=O)OCC(C)(C)C2. The molecule has 1 aliphatic carbocycles. The largest absolute Gasteiger partial charge is 0.464 e. The molecule has 4 aromatic heterocycles.